The molecule has 5 rings (SSSR count). The van der Waals surface area contributed by atoms with Gasteiger partial charge >= 0.3 is 0 Å². The second-order valence-electron chi connectivity index (χ2n) is 9.00. The number of aldehydes is 1. The summed E-state index contributed by atoms with van der Waals surface area (Å²) in [4.78, 5) is 25.2. The number of halogens is 1. The Morgan fingerprint density at radius 3 is 2.67 bits per heavy atom. The van der Waals surface area contributed by atoms with Crippen LogP contribution in [0.5, 0.6) is 0 Å². The van der Waals surface area contributed by atoms with Crippen molar-refractivity contribution in [2.24, 2.45) is 0 Å². The van der Waals surface area contributed by atoms with E-state index in [1.807, 2.05) is 19.1 Å². The van der Waals surface area contributed by atoms with Gasteiger partial charge in [0.25, 0.3) is 0 Å². The van der Waals surface area contributed by atoms with Crippen LogP contribution in [0.2, 0.25) is 5.02 Å². The molecule has 0 aliphatic carbocycles. The normalized spacial score (nSPS) is 16.2. The average molecular weight is 476 g/mol. The third kappa shape index (κ3) is 3.69. The van der Waals surface area contributed by atoms with Crippen molar-refractivity contribution in [3.63, 3.8) is 0 Å². The van der Waals surface area contributed by atoms with E-state index in [4.69, 9.17) is 16.6 Å². The number of benzene rings is 2. The van der Waals surface area contributed by atoms with Crippen molar-refractivity contribution in [1.82, 2.24) is 9.97 Å². The number of nitrogens with zero attached hydrogens (tertiary/aromatic N) is 2. The fraction of sp³-hybridized carbons (Fsp3) is 0.259. The van der Waals surface area contributed by atoms with E-state index in [-0.39, 0.29) is 6.04 Å². The summed E-state index contributed by atoms with van der Waals surface area (Å²) in [7, 11) is 0. The highest BCUT2D eigenvalue weighted by Gasteiger charge is 2.35. The van der Waals surface area contributed by atoms with E-state index in [0.717, 1.165) is 67.3 Å². The van der Waals surface area contributed by atoms with Crippen LogP contribution in [0.4, 0.5) is 5.69 Å². The Morgan fingerprint density at radius 1 is 1.15 bits per heavy atom. The summed E-state index contributed by atoms with van der Waals surface area (Å²) >= 11 is 8.01. The third-order valence-electron chi connectivity index (χ3n) is 6.61. The van der Waals surface area contributed by atoms with Crippen LogP contribution >= 0.6 is 22.9 Å². The number of nitrogens with one attached hydrogen (secondary N) is 1. The predicted octanol–water partition coefficient (Wildman–Crippen LogP) is 7.50. The Balaban J connectivity index is 1.62. The zero-order valence-electron chi connectivity index (χ0n) is 19.3. The number of rotatable bonds is 4. The smallest absolute Gasteiger partial charge is 0.153 e. The number of fused-ring (bicyclic) bond motifs is 1. The first-order valence-corrected chi connectivity index (χ1v) is 12.2. The fourth-order valence-corrected chi connectivity index (χ4v) is 6.00. The van der Waals surface area contributed by atoms with Gasteiger partial charge in [0.2, 0.25) is 0 Å². The van der Waals surface area contributed by atoms with Crippen molar-refractivity contribution in [2.45, 2.75) is 40.2 Å². The molecule has 1 saturated heterocycles. The Morgan fingerprint density at radius 2 is 1.94 bits per heavy atom. The van der Waals surface area contributed by atoms with E-state index in [2.05, 4.69) is 55.4 Å². The highest BCUT2D eigenvalue weighted by Crippen LogP contribution is 2.47. The number of hydrogen-bond donors (Lipinski definition) is 1. The van der Waals surface area contributed by atoms with Crippen LogP contribution in [0, 0.1) is 27.7 Å². The van der Waals surface area contributed by atoms with Gasteiger partial charge in [-0.05, 0) is 68.5 Å². The first-order valence-electron chi connectivity index (χ1n) is 11.0. The lowest BCUT2D eigenvalue weighted by Gasteiger charge is -2.25. The molecule has 0 spiro atoms. The number of anilines is 1. The minimum atomic E-state index is -0.0106. The van der Waals surface area contributed by atoms with Crippen molar-refractivity contribution in [3.05, 3.63) is 80.5 Å². The number of imidazole rings is 1. The van der Waals surface area contributed by atoms with Crippen molar-refractivity contribution in [1.29, 1.82) is 0 Å². The standard InChI is InChI=1S/C27H26ClN3OS/c1-14-8-24(27-29-22-10-17(4)21(28)11-23(22)30-27)31(12-14)25-18(5)33-26(20(25)13-32)19-7-6-15(2)16(3)9-19/h6-7,9-11,13,24H,1,8,12H2,2-5H3,(H,29,30). The number of carbonyl (C=O) groups excluding carboxylic acids is 1. The van der Waals surface area contributed by atoms with Crippen LogP contribution in [0.1, 0.15) is 50.2 Å². The van der Waals surface area contributed by atoms with E-state index in [9.17, 15) is 4.79 Å². The molecule has 1 fully saturated rings. The Bertz CT molecular complexity index is 1390. The summed E-state index contributed by atoms with van der Waals surface area (Å²) in [5.41, 5.74) is 9.26. The van der Waals surface area contributed by atoms with Gasteiger partial charge in [-0.3, -0.25) is 4.79 Å². The molecule has 0 saturated carbocycles. The number of aromatic amines is 1. The Kier molecular flexibility index (Phi) is 5.42. The predicted molar refractivity (Wildman–Crippen MR) is 139 cm³/mol. The first-order chi connectivity index (χ1) is 15.8. The van der Waals surface area contributed by atoms with Crippen molar-refractivity contribution in [3.8, 4) is 10.4 Å². The molecule has 4 nitrogen and oxygen atoms in total. The van der Waals surface area contributed by atoms with Gasteiger partial charge in [-0.25, -0.2) is 4.98 Å². The second-order valence-corrected chi connectivity index (χ2v) is 10.6. The molecule has 168 valence electrons. The number of aromatic nitrogens is 2. The van der Waals surface area contributed by atoms with E-state index in [1.54, 1.807) is 11.3 Å². The zero-order chi connectivity index (χ0) is 23.4. The van der Waals surface area contributed by atoms with Gasteiger partial charge in [-0.1, -0.05) is 42.0 Å². The lowest BCUT2D eigenvalue weighted by Crippen LogP contribution is -2.24. The van der Waals surface area contributed by atoms with E-state index < -0.39 is 0 Å². The number of hydrogen-bond acceptors (Lipinski definition) is 4. The molecule has 6 heteroatoms. The quantitative estimate of drug-likeness (QED) is 0.245. The van der Waals surface area contributed by atoms with Gasteiger partial charge in [0.1, 0.15) is 5.82 Å². The molecule has 33 heavy (non-hydrogen) atoms. The molecule has 0 bridgehead atoms. The maximum atomic E-state index is 12.4. The molecule has 0 amide bonds. The number of H-pyrrole nitrogens is 1. The average Bonchev–Trinajstić information content (AvgIpc) is 3.44. The SMILES string of the molecule is C=C1CC(c2nc3cc(Cl)c(C)cc3[nH]2)N(c2c(C)sc(-c3ccc(C)c(C)c3)c2C=O)C1. The zero-order valence-corrected chi connectivity index (χ0v) is 20.8. The van der Waals surface area contributed by atoms with E-state index in [1.165, 1.54) is 11.1 Å². The van der Waals surface area contributed by atoms with Crippen LogP contribution < -0.4 is 4.90 Å². The van der Waals surface area contributed by atoms with E-state index in [0.29, 0.717) is 11.6 Å². The molecule has 0 radical (unpaired) electrons. The van der Waals surface area contributed by atoms with Gasteiger partial charge in [-0.2, -0.15) is 0 Å². The van der Waals surface area contributed by atoms with Crippen LogP contribution in [-0.4, -0.2) is 22.8 Å². The molecular formula is C27H26ClN3OS. The maximum absolute atomic E-state index is 12.4. The number of thiophene rings is 1. The van der Waals surface area contributed by atoms with Crippen LogP contribution in [0.25, 0.3) is 21.5 Å². The molecule has 1 N–H and O–H groups in total. The summed E-state index contributed by atoms with van der Waals surface area (Å²) in [6, 6.07) is 10.3. The topological polar surface area (TPSA) is 49.0 Å². The van der Waals surface area contributed by atoms with Gasteiger partial charge in [0.05, 0.1) is 28.3 Å². The minimum Gasteiger partial charge on any atom is -0.356 e. The van der Waals surface area contributed by atoms with E-state index >= 15 is 0 Å². The monoisotopic (exact) mass is 475 g/mol. The lowest BCUT2D eigenvalue weighted by molar-refractivity contribution is 0.112. The highest BCUT2D eigenvalue weighted by molar-refractivity contribution is 7.16. The van der Waals surface area contributed by atoms with Crippen LogP contribution in [0.15, 0.2) is 42.5 Å². The number of aryl methyl sites for hydroxylation is 4. The summed E-state index contributed by atoms with van der Waals surface area (Å²) < 4.78 is 0. The van der Waals surface area contributed by atoms with Gasteiger partial charge in [-0.15, -0.1) is 11.3 Å². The minimum absolute atomic E-state index is 0.0106. The van der Waals surface area contributed by atoms with Gasteiger partial charge in [0, 0.05) is 21.3 Å². The molecule has 1 unspecified atom stereocenters. The molecule has 2 aromatic heterocycles. The molecule has 1 aliphatic rings. The summed E-state index contributed by atoms with van der Waals surface area (Å²) in [6.07, 6.45) is 1.79. The fourth-order valence-electron chi connectivity index (χ4n) is 4.71. The lowest BCUT2D eigenvalue weighted by atomic mass is 10.0. The Labute approximate surface area is 202 Å². The molecule has 1 aliphatic heterocycles. The molecule has 3 heterocycles. The first kappa shape index (κ1) is 21.9. The molecule has 2 aromatic carbocycles. The summed E-state index contributed by atoms with van der Waals surface area (Å²) in [5.74, 6) is 0.875. The van der Waals surface area contributed by atoms with Gasteiger partial charge < -0.3 is 9.88 Å². The molecule has 4 aromatic rings. The van der Waals surface area contributed by atoms with Crippen molar-refractivity contribution < 1.29 is 4.79 Å². The maximum Gasteiger partial charge on any atom is 0.153 e. The van der Waals surface area contributed by atoms with Crippen molar-refractivity contribution >= 4 is 45.9 Å². The van der Waals surface area contributed by atoms with Crippen molar-refractivity contribution in [2.75, 3.05) is 11.4 Å². The summed E-state index contributed by atoms with van der Waals surface area (Å²) in [6.45, 7) is 13.3. The largest absolute Gasteiger partial charge is 0.356 e. The van der Waals surface area contributed by atoms with Crippen LogP contribution in [-0.2, 0) is 0 Å². The summed E-state index contributed by atoms with van der Waals surface area (Å²) in [5, 5.41) is 0.711. The number of carbonyl (C=O) groups is 1. The third-order valence-corrected chi connectivity index (χ3v) is 8.18. The molecular weight excluding hydrogens is 450 g/mol. The Hall–Kier alpha value is -2.89. The highest BCUT2D eigenvalue weighted by atomic mass is 35.5. The second kappa shape index (κ2) is 8.15. The van der Waals surface area contributed by atoms with Gasteiger partial charge in [0.15, 0.2) is 6.29 Å². The van der Waals surface area contributed by atoms with Crippen LogP contribution in [0.3, 0.4) is 0 Å². The molecule has 1 atom stereocenters.